The molecule has 2 aliphatic rings. The Morgan fingerprint density at radius 3 is 2.63 bits per heavy atom. The van der Waals surface area contributed by atoms with Crippen molar-refractivity contribution in [3.05, 3.63) is 57.2 Å². The Kier molecular flexibility index (Phi) is 8.42. The fourth-order valence-electron chi connectivity index (χ4n) is 3.54. The summed E-state index contributed by atoms with van der Waals surface area (Å²) in [6.45, 7) is 4.21. The van der Waals surface area contributed by atoms with E-state index >= 15 is 0 Å². The second kappa shape index (κ2) is 11.5. The minimum absolute atomic E-state index is 0.129. The molecular weight excluding hydrogens is 559 g/mol. The van der Waals surface area contributed by atoms with Gasteiger partial charge in [-0.1, -0.05) is 24.0 Å². The summed E-state index contributed by atoms with van der Waals surface area (Å²) in [5.41, 5.74) is 1.19. The molecule has 0 saturated carbocycles. The lowest BCUT2D eigenvalue weighted by molar-refractivity contribution is -0.137. The molecule has 2 amide bonds. The number of ether oxygens (including phenoxy) is 3. The van der Waals surface area contributed by atoms with Gasteiger partial charge in [-0.05, 0) is 70.9 Å². The van der Waals surface area contributed by atoms with Gasteiger partial charge in [0.05, 0.1) is 34.9 Å². The lowest BCUT2D eigenvalue weighted by atomic mass is 10.1. The number of thioether (sulfide) groups is 1. The van der Waals surface area contributed by atoms with Gasteiger partial charge < -0.3 is 19.1 Å². The summed E-state index contributed by atoms with van der Waals surface area (Å²) in [5, 5.41) is 0. The van der Waals surface area contributed by atoms with Crippen LogP contribution in [0.3, 0.4) is 0 Å². The molecule has 2 heterocycles. The van der Waals surface area contributed by atoms with Crippen LogP contribution in [0.5, 0.6) is 11.5 Å². The minimum Gasteiger partial charge on any atom is -0.490 e. The minimum atomic E-state index is -0.392. The number of anilines is 1. The average Bonchev–Trinajstić information content (AvgIpc) is 3.12. The first kappa shape index (κ1) is 25.6. The lowest BCUT2D eigenvalue weighted by Crippen LogP contribution is -2.43. The van der Waals surface area contributed by atoms with E-state index in [0.29, 0.717) is 69.4 Å². The van der Waals surface area contributed by atoms with Crippen LogP contribution >= 0.6 is 39.9 Å². The molecule has 2 fully saturated rings. The molecule has 0 unspecified atom stereocenters. The maximum absolute atomic E-state index is 13.3. The molecule has 0 N–H and O–H groups in total. The molecule has 2 aromatic carbocycles. The van der Waals surface area contributed by atoms with Gasteiger partial charge in [-0.3, -0.25) is 14.5 Å². The van der Waals surface area contributed by atoms with Gasteiger partial charge in [-0.15, -0.1) is 0 Å². The fourth-order valence-corrected chi connectivity index (χ4v) is 5.42. The first-order valence-electron chi connectivity index (χ1n) is 10.9. The first-order chi connectivity index (χ1) is 16.9. The lowest BCUT2D eigenvalue weighted by Gasteiger charge is -2.27. The normalized spacial score (nSPS) is 17.3. The number of carbonyl (C=O) groups is 2. The quantitative estimate of drug-likeness (QED) is 0.349. The molecule has 2 saturated heterocycles. The third kappa shape index (κ3) is 6.03. The van der Waals surface area contributed by atoms with Crippen molar-refractivity contribution in [1.29, 1.82) is 0 Å². The Morgan fingerprint density at radius 2 is 1.94 bits per heavy atom. The third-order valence-corrected chi connectivity index (χ3v) is 7.10. The van der Waals surface area contributed by atoms with Crippen LogP contribution in [0.4, 0.5) is 10.1 Å². The number of halogens is 2. The Morgan fingerprint density at radius 1 is 1.23 bits per heavy atom. The maximum atomic E-state index is 13.3. The summed E-state index contributed by atoms with van der Waals surface area (Å²) >= 11 is 10.1. The highest BCUT2D eigenvalue weighted by atomic mass is 79.9. The number of nitrogens with zero attached hydrogens (tertiary/aromatic N) is 2. The van der Waals surface area contributed by atoms with Crippen molar-refractivity contribution in [2.75, 3.05) is 44.4 Å². The zero-order chi connectivity index (χ0) is 24.9. The molecule has 0 aromatic heterocycles. The third-order valence-electron chi connectivity index (χ3n) is 5.21. The van der Waals surface area contributed by atoms with Gasteiger partial charge >= 0.3 is 0 Å². The number of amides is 2. The SMILES string of the molecule is CCOc1cc(/C=C2\SC(=S)N(c3ccc(F)cc3)C2=O)cc(Br)c1OCC(=O)N1CCOCC1. The fraction of sp³-hybridized carbons (Fsp3) is 0.292. The van der Waals surface area contributed by atoms with Gasteiger partial charge in [0.25, 0.3) is 11.8 Å². The Hall–Kier alpha value is -2.47. The van der Waals surface area contributed by atoms with E-state index in [2.05, 4.69) is 15.9 Å². The highest BCUT2D eigenvalue weighted by molar-refractivity contribution is 9.10. The van der Waals surface area contributed by atoms with Crippen molar-refractivity contribution >= 4 is 67.8 Å². The van der Waals surface area contributed by atoms with E-state index in [9.17, 15) is 14.0 Å². The van der Waals surface area contributed by atoms with Gasteiger partial charge in [0.1, 0.15) is 5.82 Å². The summed E-state index contributed by atoms with van der Waals surface area (Å²) < 4.78 is 31.1. The topological polar surface area (TPSA) is 68.3 Å². The molecular formula is C24H22BrFN2O5S2. The summed E-state index contributed by atoms with van der Waals surface area (Å²) in [5.74, 6) is 0.0340. The molecule has 0 atom stereocenters. The first-order valence-corrected chi connectivity index (χ1v) is 12.9. The number of rotatable bonds is 7. The molecule has 0 spiro atoms. The van der Waals surface area contributed by atoms with E-state index in [4.69, 9.17) is 26.4 Å². The van der Waals surface area contributed by atoms with Crippen LogP contribution in [0, 0.1) is 5.82 Å². The molecule has 0 radical (unpaired) electrons. The molecule has 0 bridgehead atoms. The van der Waals surface area contributed by atoms with Gasteiger partial charge in [-0.25, -0.2) is 4.39 Å². The van der Waals surface area contributed by atoms with E-state index in [1.807, 2.05) is 6.92 Å². The van der Waals surface area contributed by atoms with Crippen molar-refractivity contribution in [1.82, 2.24) is 4.90 Å². The van der Waals surface area contributed by atoms with Crippen molar-refractivity contribution in [3.8, 4) is 11.5 Å². The van der Waals surface area contributed by atoms with E-state index < -0.39 is 5.82 Å². The van der Waals surface area contributed by atoms with Gasteiger partial charge in [0.2, 0.25) is 0 Å². The van der Waals surface area contributed by atoms with Crippen molar-refractivity contribution < 1.29 is 28.2 Å². The van der Waals surface area contributed by atoms with Crippen molar-refractivity contribution in [2.45, 2.75) is 6.92 Å². The standard InChI is InChI=1S/C24H22BrFN2O5S2/c1-2-32-19-12-15(11-18(25)22(19)33-14-21(29)27-7-9-31-10-8-27)13-20-23(30)28(24(34)35-20)17-5-3-16(26)4-6-17/h3-6,11-13H,2,7-10,14H2,1H3/b20-13-. The van der Waals surface area contributed by atoms with Gasteiger partial charge in [0.15, 0.2) is 22.4 Å². The Labute approximate surface area is 220 Å². The molecule has 2 aliphatic heterocycles. The van der Waals surface area contributed by atoms with Crippen molar-refractivity contribution in [3.63, 3.8) is 0 Å². The molecule has 4 rings (SSSR count). The number of hydrogen-bond acceptors (Lipinski definition) is 7. The second-order valence-corrected chi connectivity index (χ2v) is 10.1. The molecule has 35 heavy (non-hydrogen) atoms. The number of morpholine rings is 1. The highest BCUT2D eigenvalue weighted by Crippen LogP contribution is 2.40. The van der Waals surface area contributed by atoms with E-state index in [1.165, 1.54) is 29.2 Å². The predicted octanol–water partition coefficient (Wildman–Crippen LogP) is 4.63. The van der Waals surface area contributed by atoms with E-state index in [-0.39, 0.29) is 18.4 Å². The summed E-state index contributed by atoms with van der Waals surface area (Å²) in [6.07, 6.45) is 1.71. The van der Waals surface area contributed by atoms with Crippen LogP contribution in [0.1, 0.15) is 12.5 Å². The van der Waals surface area contributed by atoms with Gasteiger partial charge in [-0.2, -0.15) is 0 Å². The van der Waals surface area contributed by atoms with Crippen LogP contribution in [-0.2, 0) is 14.3 Å². The molecule has 7 nitrogen and oxygen atoms in total. The number of hydrogen-bond donors (Lipinski definition) is 0. The largest absolute Gasteiger partial charge is 0.490 e. The van der Waals surface area contributed by atoms with Gasteiger partial charge in [0, 0.05) is 13.1 Å². The van der Waals surface area contributed by atoms with Crippen LogP contribution in [0.25, 0.3) is 6.08 Å². The van der Waals surface area contributed by atoms with Crippen LogP contribution in [0.2, 0.25) is 0 Å². The summed E-state index contributed by atoms with van der Waals surface area (Å²) in [6, 6.07) is 9.11. The highest BCUT2D eigenvalue weighted by Gasteiger charge is 2.33. The zero-order valence-electron chi connectivity index (χ0n) is 18.8. The van der Waals surface area contributed by atoms with E-state index in [1.54, 1.807) is 23.1 Å². The Bertz CT molecular complexity index is 1170. The molecule has 184 valence electrons. The number of thiocarbonyl (C=S) groups is 1. The maximum Gasteiger partial charge on any atom is 0.270 e. The van der Waals surface area contributed by atoms with E-state index in [0.717, 1.165) is 11.8 Å². The Balaban J connectivity index is 1.54. The monoisotopic (exact) mass is 580 g/mol. The average molecular weight is 581 g/mol. The van der Waals surface area contributed by atoms with Crippen molar-refractivity contribution in [2.24, 2.45) is 0 Å². The smallest absolute Gasteiger partial charge is 0.270 e. The second-order valence-electron chi connectivity index (χ2n) is 7.54. The number of benzene rings is 2. The zero-order valence-corrected chi connectivity index (χ0v) is 22.0. The molecule has 0 aliphatic carbocycles. The number of carbonyl (C=O) groups excluding carboxylic acids is 2. The summed E-state index contributed by atoms with van der Waals surface area (Å²) in [4.78, 5) is 29.0. The molecule has 2 aromatic rings. The van der Waals surface area contributed by atoms with Crippen LogP contribution < -0.4 is 14.4 Å². The van der Waals surface area contributed by atoms with Crippen LogP contribution in [-0.4, -0.2) is 60.6 Å². The predicted molar refractivity (Wildman–Crippen MR) is 140 cm³/mol. The molecule has 11 heteroatoms. The van der Waals surface area contributed by atoms with Crippen LogP contribution in [0.15, 0.2) is 45.8 Å². The summed E-state index contributed by atoms with van der Waals surface area (Å²) in [7, 11) is 0.